The van der Waals surface area contributed by atoms with Crippen LogP contribution in [-0.2, 0) is 6.42 Å². The predicted octanol–water partition coefficient (Wildman–Crippen LogP) is 3.12. The van der Waals surface area contributed by atoms with Crippen molar-refractivity contribution in [2.75, 3.05) is 31.1 Å². The van der Waals surface area contributed by atoms with Gasteiger partial charge in [-0.25, -0.2) is 0 Å². The molecule has 18 heavy (non-hydrogen) atoms. The normalized spacial score (nSPS) is 26.0. The smallest absolute Gasteiger partial charge is 0.0459 e. The van der Waals surface area contributed by atoms with Crippen LogP contribution < -0.4 is 10.2 Å². The SMILES string of the molecule is CC1(CN2CCc3c(Cl)cccc32)CCNC1.Cl. The van der Waals surface area contributed by atoms with Crippen LogP contribution in [0.15, 0.2) is 18.2 Å². The summed E-state index contributed by atoms with van der Waals surface area (Å²) in [5.74, 6) is 0. The molecule has 0 amide bonds. The Kier molecular flexibility index (Phi) is 4.10. The summed E-state index contributed by atoms with van der Waals surface area (Å²) in [5.41, 5.74) is 3.11. The molecular formula is C14H20Cl2N2. The van der Waals surface area contributed by atoms with E-state index >= 15 is 0 Å². The number of nitrogens with zero attached hydrogens (tertiary/aromatic N) is 1. The topological polar surface area (TPSA) is 15.3 Å². The van der Waals surface area contributed by atoms with E-state index in [1.54, 1.807) is 0 Å². The lowest BCUT2D eigenvalue weighted by Gasteiger charge is -2.31. The zero-order chi connectivity index (χ0) is 11.9. The van der Waals surface area contributed by atoms with Crippen molar-refractivity contribution in [2.45, 2.75) is 19.8 Å². The fourth-order valence-electron chi connectivity index (χ4n) is 3.09. The van der Waals surface area contributed by atoms with Crippen LogP contribution in [-0.4, -0.2) is 26.2 Å². The van der Waals surface area contributed by atoms with Gasteiger partial charge in [0.05, 0.1) is 0 Å². The minimum atomic E-state index is 0. The largest absolute Gasteiger partial charge is 0.370 e. The minimum absolute atomic E-state index is 0. The van der Waals surface area contributed by atoms with E-state index in [4.69, 9.17) is 11.6 Å². The second-order valence-electron chi connectivity index (χ2n) is 5.65. The monoisotopic (exact) mass is 286 g/mol. The number of hydrogen-bond acceptors (Lipinski definition) is 2. The number of nitrogens with one attached hydrogen (secondary N) is 1. The Hall–Kier alpha value is -0.440. The molecule has 1 N–H and O–H groups in total. The van der Waals surface area contributed by atoms with Crippen molar-refractivity contribution in [2.24, 2.45) is 5.41 Å². The third-order valence-corrected chi connectivity index (χ3v) is 4.45. The fraction of sp³-hybridized carbons (Fsp3) is 0.571. The second kappa shape index (κ2) is 5.28. The summed E-state index contributed by atoms with van der Waals surface area (Å²) >= 11 is 6.25. The summed E-state index contributed by atoms with van der Waals surface area (Å²) in [4.78, 5) is 2.51. The summed E-state index contributed by atoms with van der Waals surface area (Å²) in [7, 11) is 0. The molecule has 1 fully saturated rings. The van der Waals surface area contributed by atoms with Crippen LogP contribution in [0.3, 0.4) is 0 Å². The number of hydrogen-bond donors (Lipinski definition) is 1. The molecule has 2 aliphatic rings. The average Bonchev–Trinajstić information content (AvgIpc) is 2.88. The number of halogens is 2. The van der Waals surface area contributed by atoms with Crippen LogP contribution in [0.5, 0.6) is 0 Å². The molecule has 0 bridgehead atoms. The highest BCUT2D eigenvalue weighted by Crippen LogP contribution is 2.36. The van der Waals surface area contributed by atoms with Crippen LogP contribution >= 0.6 is 24.0 Å². The highest BCUT2D eigenvalue weighted by Gasteiger charge is 2.33. The van der Waals surface area contributed by atoms with Crippen molar-refractivity contribution in [3.63, 3.8) is 0 Å². The minimum Gasteiger partial charge on any atom is -0.370 e. The lowest BCUT2D eigenvalue weighted by Crippen LogP contribution is -2.36. The molecule has 3 rings (SSSR count). The molecule has 100 valence electrons. The van der Waals surface area contributed by atoms with E-state index in [9.17, 15) is 0 Å². The zero-order valence-corrected chi connectivity index (χ0v) is 12.3. The van der Waals surface area contributed by atoms with Gasteiger partial charge >= 0.3 is 0 Å². The first-order valence-electron chi connectivity index (χ1n) is 6.41. The van der Waals surface area contributed by atoms with Gasteiger partial charge < -0.3 is 10.2 Å². The Bertz CT molecular complexity index is 428. The zero-order valence-electron chi connectivity index (χ0n) is 10.7. The summed E-state index contributed by atoms with van der Waals surface area (Å²) in [6.45, 7) is 6.95. The molecule has 1 atom stereocenters. The molecule has 0 spiro atoms. The highest BCUT2D eigenvalue weighted by atomic mass is 35.5. The van der Waals surface area contributed by atoms with Gasteiger partial charge in [-0.1, -0.05) is 24.6 Å². The molecule has 0 aliphatic carbocycles. The Labute approximate surface area is 120 Å². The van der Waals surface area contributed by atoms with Crippen molar-refractivity contribution < 1.29 is 0 Å². The molecule has 0 aromatic heterocycles. The molecule has 0 radical (unpaired) electrons. The highest BCUT2D eigenvalue weighted by molar-refractivity contribution is 6.31. The number of anilines is 1. The van der Waals surface area contributed by atoms with E-state index < -0.39 is 0 Å². The predicted molar refractivity (Wildman–Crippen MR) is 80.2 cm³/mol. The van der Waals surface area contributed by atoms with Gasteiger partial charge in [0.1, 0.15) is 0 Å². The Balaban J connectivity index is 0.00000120. The molecule has 0 saturated carbocycles. The molecule has 2 nitrogen and oxygen atoms in total. The molecule has 1 aromatic rings. The third-order valence-electron chi connectivity index (χ3n) is 4.10. The van der Waals surface area contributed by atoms with E-state index in [0.29, 0.717) is 5.41 Å². The van der Waals surface area contributed by atoms with Crippen molar-refractivity contribution in [3.05, 3.63) is 28.8 Å². The summed E-state index contributed by atoms with van der Waals surface area (Å²) in [6.07, 6.45) is 2.37. The second-order valence-corrected chi connectivity index (χ2v) is 6.05. The Morgan fingerprint density at radius 1 is 1.44 bits per heavy atom. The van der Waals surface area contributed by atoms with Crippen LogP contribution in [0.1, 0.15) is 18.9 Å². The summed E-state index contributed by atoms with van der Waals surface area (Å²) in [6, 6.07) is 6.28. The van der Waals surface area contributed by atoms with Gasteiger partial charge in [-0.15, -0.1) is 12.4 Å². The fourth-order valence-corrected chi connectivity index (χ4v) is 3.35. The maximum Gasteiger partial charge on any atom is 0.0459 e. The maximum absolute atomic E-state index is 6.25. The van der Waals surface area contributed by atoms with E-state index in [1.807, 2.05) is 6.07 Å². The lowest BCUT2D eigenvalue weighted by atomic mass is 9.89. The third kappa shape index (κ3) is 2.47. The number of rotatable bonds is 2. The van der Waals surface area contributed by atoms with Gasteiger partial charge in [-0.2, -0.15) is 0 Å². The van der Waals surface area contributed by atoms with Crippen LogP contribution in [0.2, 0.25) is 5.02 Å². The summed E-state index contributed by atoms with van der Waals surface area (Å²) < 4.78 is 0. The van der Waals surface area contributed by atoms with Crippen LogP contribution in [0.25, 0.3) is 0 Å². The standard InChI is InChI=1S/C14H19ClN2.ClH/c1-14(6-7-16-9-14)10-17-8-5-11-12(15)3-2-4-13(11)17;/h2-4,16H,5-10H2,1H3;1H. The van der Waals surface area contributed by atoms with Gasteiger partial charge in [-0.05, 0) is 42.5 Å². The molecule has 1 aromatic carbocycles. The Morgan fingerprint density at radius 2 is 2.28 bits per heavy atom. The quantitative estimate of drug-likeness (QED) is 0.899. The number of fused-ring (bicyclic) bond motifs is 1. The van der Waals surface area contributed by atoms with Crippen molar-refractivity contribution in [1.29, 1.82) is 0 Å². The van der Waals surface area contributed by atoms with Gasteiger partial charge in [0.15, 0.2) is 0 Å². The Morgan fingerprint density at radius 3 is 3.00 bits per heavy atom. The van der Waals surface area contributed by atoms with Crippen molar-refractivity contribution >= 4 is 29.7 Å². The molecule has 2 aliphatic heterocycles. The maximum atomic E-state index is 6.25. The van der Waals surface area contributed by atoms with Crippen molar-refractivity contribution in [1.82, 2.24) is 5.32 Å². The number of benzene rings is 1. The van der Waals surface area contributed by atoms with E-state index in [0.717, 1.165) is 37.6 Å². The molecule has 2 heterocycles. The van der Waals surface area contributed by atoms with Gasteiger partial charge in [0, 0.05) is 30.3 Å². The van der Waals surface area contributed by atoms with Crippen LogP contribution in [0.4, 0.5) is 5.69 Å². The van der Waals surface area contributed by atoms with E-state index in [-0.39, 0.29) is 12.4 Å². The van der Waals surface area contributed by atoms with E-state index in [1.165, 1.54) is 17.7 Å². The van der Waals surface area contributed by atoms with E-state index in [2.05, 4.69) is 29.3 Å². The molecule has 1 saturated heterocycles. The first-order valence-corrected chi connectivity index (χ1v) is 6.79. The molecule has 4 heteroatoms. The van der Waals surface area contributed by atoms with Gasteiger partial charge in [0.2, 0.25) is 0 Å². The first kappa shape index (κ1) is 14.0. The summed E-state index contributed by atoms with van der Waals surface area (Å²) in [5, 5.41) is 4.40. The van der Waals surface area contributed by atoms with Gasteiger partial charge in [0.25, 0.3) is 0 Å². The molecular weight excluding hydrogens is 267 g/mol. The lowest BCUT2D eigenvalue weighted by molar-refractivity contribution is 0.367. The van der Waals surface area contributed by atoms with Crippen LogP contribution in [0, 0.1) is 5.41 Å². The molecule has 1 unspecified atom stereocenters. The van der Waals surface area contributed by atoms with Gasteiger partial charge in [-0.3, -0.25) is 0 Å². The van der Waals surface area contributed by atoms with Crippen molar-refractivity contribution in [3.8, 4) is 0 Å². The first-order chi connectivity index (χ1) is 8.18. The average molecular weight is 287 g/mol.